The van der Waals surface area contributed by atoms with Crippen LogP contribution in [0, 0.1) is 0 Å². The molecule has 4 aromatic rings. The van der Waals surface area contributed by atoms with Crippen molar-refractivity contribution in [2.45, 2.75) is 0 Å². The number of aromatic amines is 1. The lowest BCUT2D eigenvalue weighted by atomic mass is 10.1. The summed E-state index contributed by atoms with van der Waals surface area (Å²) in [5.74, 6) is 0. The summed E-state index contributed by atoms with van der Waals surface area (Å²) in [6, 6.07) is 24.0. The highest BCUT2D eigenvalue weighted by molar-refractivity contribution is 5.91. The van der Waals surface area contributed by atoms with Crippen LogP contribution in [0.25, 0.3) is 23.1 Å². The van der Waals surface area contributed by atoms with Gasteiger partial charge in [-0.15, -0.1) is 0 Å². The molecule has 1 aromatic heterocycles. The van der Waals surface area contributed by atoms with E-state index in [0.29, 0.717) is 0 Å². The number of benzene rings is 3. The number of nitrogens with one attached hydrogen (secondary N) is 2. The van der Waals surface area contributed by atoms with E-state index in [4.69, 9.17) is 5.73 Å². The zero-order valence-corrected chi connectivity index (χ0v) is 13.6. The Hall–Kier alpha value is -3.53. The van der Waals surface area contributed by atoms with Crippen molar-refractivity contribution >= 4 is 40.1 Å². The van der Waals surface area contributed by atoms with Crippen LogP contribution in [-0.4, -0.2) is 10.2 Å². The van der Waals surface area contributed by atoms with E-state index < -0.39 is 0 Å². The topological polar surface area (TPSA) is 66.7 Å². The molecule has 0 fully saturated rings. The quantitative estimate of drug-likeness (QED) is 0.459. The smallest absolute Gasteiger partial charge is 0.0927 e. The molecule has 0 bridgehead atoms. The van der Waals surface area contributed by atoms with E-state index in [1.165, 1.54) is 0 Å². The number of nitrogens with two attached hydrogens (primary N) is 1. The Morgan fingerprint density at radius 3 is 2.52 bits per heavy atom. The van der Waals surface area contributed by atoms with E-state index in [-0.39, 0.29) is 0 Å². The molecule has 0 atom stereocenters. The van der Waals surface area contributed by atoms with Crippen LogP contribution in [0.3, 0.4) is 0 Å². The predicted molar refractivity (Wildman–Crippen MR) is 106 cm³/mol. The van der Waals surface area contributed by atoms with Crippen LogP contribution in [0.4, 0.5) is 17.1 Å². The van der Waals surface area contributed by atoms with E-state index in [1.807, 2.05) is 60.7 Å². The number of anilines is 3. The Kier molecular flexibility index (Phi) is 3.92. The van der Waals surface area contributed by atoms with Crippen molar-refractivity contribution in [1.82, 2.24) is 10.2 Å². The van der Waals surface area contributed by atoms with Gasteiger partial charge < -0.3 is 11.1 Å². The number of nitrogens with zero attached hydrogens (tertiary/aromatic N) is 1. The molecule has 3 aromatic carbocycles. The summed E-state index contributed by atoms with van der Waals surface area (Å²) in [4.78, 5) is 0. The van der Waals surface area contributed by atoms with Crippen molar-refractivity contribution in [2.75, 3.05) is 11.1 Å². The maximum atomic E-state index is 5.82. The van der Waals surface area contributed by atoms with Crippen molar-refractivity contribution < 1.29 is 0 Å². The number of fused-ring (bicyclic) bond motifs is 1. The number of hydrogen-bond donors (Lipinski definition) is 3. The molecule has 0 aliphatic heterocycles. The van der Waals surface area contributed by atoms with Crippen LogP contribution in [0.15, 0.2) is 72.8 Å². The first-order chi connectivity index (χ1) is 12.3. The Balaban J connectivity index is 1.59. The van der Waals surface area contributed by atoms with Gasteiger partial charge in [0.1, 0.15) is 0 Å². The number of rotatable bonds is 4. The molecule has 0 saturated carbocycles. The first kappa shape index (κ1) is 15.0. The first-order valence-electron chi connectivity index (χ1n) is 8.12. The molecule has 25 heavy (non-hydrogen) atoms. The van der Waals surface area contributed by atoms with Crippen molar-refractivity contribution in [1.29, 1.82) is 0 Å². The van der Waals surface area contributed by atoms with Crippen LogP contribution < -0.4 is 11.1 Å². The van der Waals surface area contributed by atoms with Gasteiger partial charge in [0, 0.05) is 22.4 Å². The monoisotopic (exact) mass is 326 g/mol. The molecule has 4 rings (SSSR count). The molecule has 122 valence electrons. The summed E-state index contributed by atoms with van der Waals surface area (Å²) >= 11 is 0. The van der Waals surface area contributed by atoms with Gasteiger partial charge in [-0.05, 0) is 48.0 Å². The summed E-state index contributed by atoms with van der Waals surface area (Å²) in [5, 5.41) is 12.0. The summed E-state index contributed by atoms with van der Waals surface area (Å²) in [7, 11) is 0. The van der Waals surface area contributed by atoms with Crippen molar-refractivity contribution in [3.05, 3.63) is 84.1 Å². The summed E-state index contributed by atoms with van der Waals surface area (Å²) in [6.45, 7) is 0. The Morgan fingerprint density at radius 1 is 0.840 bits per heavy atom. The highest BCUT2D eigenvalue weighted by Crippen LogP contribution is 2.24. The zero-order chi connectivity index (χ0) is 17.1. The lowest BCUT2D eigenvalue weighted by molar-refractivity contribution is 1.11. The highest BCUT2D eigenvalue weighted by Gasteiger charge is 2.04. The fraction of sp³-hybridized carbons (Fsp3) is 0. The Morgan fingerprint density at radius 2 is 1.68 bits per heavy atom. The van der Waals surface area contributed by atoms with Gasteiger partial charge in [0.2, 0.25) is 0 Å². The second kappa shape index (κ2) is 6.53. The third-order valence-electron chi connectivity index (χ3n) is 4.00. The van der Waals surface area contributed by atoms with Gasteiger partial charge in [0.15, 0.2) is 0 Å². The molecule has 4 nitrogen and oxygen atoms in total. The minimum atomic E-state index is 0.737. The molecular formula is C21H18N4. The van der Waals surface area contributed by atoms with Crippen LogP contribution >= 0.6 is 0 Å². The maximum Gasteiger partial charge on any atom is 0.0927 e. The van der Waals surface area contributed by atoms with Crippen LogP contribution in [0.5, 0.6) is 0 Å². The van der Waals surface area contributed by atoms with Gasteiger partial charge in [0.25, 0.3) is 0 Å². The van der Waals surface area contributed by atoms with Gasteiger partial charge >= 0.3 is 0 Å². The van der Waals surface area contributed by atoms with Gasteiger partial charge in [-0.25, -0.2) is 0 Å². The summed E-state index contributed by atoms with van der Waals surface area (Å²) in [5.41, 5.74) is 11.6. The molecule has 0 saturated heterocycles. The zero-order valence-electron chi connectivity index (χ0n) is 13.6. The standard InChI is InChI=1S/C21H18N4/c22-16-7-4-8-17(13-16)23-18-10-11-19-20(24-25-21(19)14-18)12-9-15-5-2-1-3-6-15/h1-14,23H,22H2,(H,24,25)/b12-9+. The minimum absolute atomic E-state index is 0.737. The lowest BCUT2D eigenvalue weighted by Crippen LogP contribution is -1.91. The third kappa shape index (κ3) is 3.38. The fourth-order valence-corrected chi connectivity index (χ4v) is 2.77. The van der Waals surface area contributed by atoms with E-state index in [0.717, 1.165) is 39.2 Å². The van der Waals surface area contributed by atoms with Gasteiger partial charge in [-0.1, -0.05) is 42.5 Å². The summed E-state index contributed by atoms with van der Waals surface area (Å²) < 4.78 is 0. The molecule has 0 unspecified atom stereocenters. The van der Waals surface area contributed by atoms with Gasteiger partial charge in [-0.2, -0.15) is 5.10 Å². The largest absolute Gasteiger partial charge is 0.399 e. The van der Waals surface area contributed by atoms with E-state index in [1.54, 1.807) is 0 Å². The third-order valence-corrected chi connectivity index (χ3v) is 4.00. The van der Waals surface area contributed by atoms with Crippen LogP contribution in [0.1, 0.15) is 11.3 Å². The molecule has 4 N–H and O–H groups in total. The Bertz CT molecular complexity index is 1030. The molecule has 0 radical (unpaired) electrons. The lowest BCUT2D eigenvalue weighted by Gasteiger charge is -2.07. The van der Waals surface area contributed by atoms with Crippen molar-refractivity contribution in [2.24, 2.45) is 0 Å². The average molecular weight is 326 g/mol. The molecule has 0 amide bonds. The first-order valence-corrected chi connectivity index (χ1v) is 8.12. The molecule has 1 heterocycles. The molecule has 0 aliphatic carbocycles. The molecular weight excluding hydrogens is 308 g/mol. The van der Waals surface area contributed by atoms with Crippen LogP contribution in [-0.2, 0) is 0 Å². The number of aromatic nitrogens is 2. The van der Waals surface area contributed by atoms with Gasteiger partial charge in [0.05, 0.1) is 11.2 Å². The van der Waals surface area contributed by atoms with E-state index >= 15 is 0 Å². The summed E-state index contributed by atoms with van der Waals surface area (Å²) in [6.07, 6.45) is 4.09. The second-order valence-electron chi connectivity index (χ2n) is 5.86. The number of nitrogen functional groups attached to an aromatic ring is 1. The maximum absolute atomic E-state index is 5.82. The van der Waals surface area contributed by atoms with E-state index in [2.05, 4.69) is 39.8 Å². The molecule has 0 aliphatic rings. The molecule has 4 heteroatoms. The second-order valence-corrected chi connectivity index (χ2v) is 5.86. The number of H-pyrrole nitrogens is 1. The van der Waals surface area contributed by atoms with Crippen molar-refractivity contribution in [3.8, 4) is 0 Å². The normalized spacial score (nSPS) is 11.2. The van der Waals surface area contributed by atoms with Gasteiger partial charge in [-0.3, -0.25) is 5.10 Å². The average Bonchev–Trinajstić information content (AvgIpc) is 3.03. The van der Waals surface area contributed by atoms with Crippen LogP contribution in [0.2, 0.25) is 0 Å². The van der Waals surface area contributed by atoms with E-state index in [9.17, 15) is 0 Å². The predicted octanol–water partition coefficient (Wildman–Crippen LogP) is 5.06. The molecule has 0 spiro atoms. The Labute approximate surface area is 146 Å². The van der Waals surface area contributed by atoms with Crippen molar-refractivity contribution in [3.63, 3.8) is 0 Å². The highest BCUT2D eigenvalue weighted by atomic mass is 15.1. The SMILES string of the molecule is Nc1cccc(Nc2ccc3c(/C=C/c4ccccc4)n[nH]c3c2)c1. The number of hydrogen-bond acceptors (Lipinski definition) is 3. The fourth-order valence-electron chi connectivity index (χ4n) is 2.77. The minimum Gasteiger partial charge on any atom is -0.399 e.